The number of hydrogen-bond acceptors (Lipinski definition) is 4. The highest BCUT2D eigenvalue weighted by molar-refractivity contribution is 7.13. The first-order chi connectivity index (χ1) is 8.19. The van der Waals surface area contributed by atoms with Crippen LogP contribution in [0.1, 0.15) is 5.69 Å². The van der Waals surface area contributed by atoms with Gasteiger partial charge in [-0.2, -0.15) is 0 Å². The van der Waals surface area contributed by atoms with Crippen LogP contribution in [0.4, 0.5) is 0 Å². The van der Waals surface area contributed by atoms with Crippen molar-refractivity contribution in [3.05, 3.63) is 35.3 Å². The maximum absolute atomic E-state index is 10.8. The topological polar surface area (TPSA) is 65.2 Å². The maximum atomic E-state index is 10.8. The van der Waals surface area contributed by atoms with Gasteiger partial charge in [0.2, 0.25) is 5.91 Å². The zero-order chi connectivity index (χ0) is 12.3. The van der Waals surface area contributed by atoms with Gasteiger partial charge in [-0.1, -0.05) is 0 Å². The predicted octanol–water partition coefficient (Wildman–Crippen LogP) is 1.85. The minimum atomic E-state index is -0.364. The Bertz CT molecular complexity index is 520. The Kier molecular flexibility index (Phi) is 3.39. The monoisotopic (exact) mass is 248 g/mol. The van der Waals surface area contributed by atoms with E-state index in [1.54, 1.807) is 7.11 Å². The first kappa shape index (κ1) is 11.6. The fraction of sp³-hybridized carbons (Fsp3) is 0.167. The van der Waals surface area contributed by atoms with Gasteiger partial charge in [-0.3, -0.25) is 4.79 Å². The molecule has 0 spiro atoms. The van der Waals surface area contributed by atoms with Gasteiger partial charge in [0.05, 0.1) is 19.2 Å². The Morgan fingerprint density at radius 2 is 2.12 bits per heavy atom. The number of thiazole rings is 1. The lowest BCUT2D eigenvalue weighted by atomic mass is 10.2. The molecule has 0 saturated heterocycles. The average molecular weight is 248 g/mol. The van der Waals surface area contributed by atoms with Crippen molar-refractivity contribution in [1.29, 1.82) is 0 Å². The third-order valence-electron chi connectivity index (χ3n) is 2.24. The van der Waals surface area contributed by atoms with Crippen LogP contribution in [0.15, 0.2) is 29.6 Å². The number of methoxy groups -OCH3 is 1. The lowest BCUT2D eigenvalue weighted by Crippen LogP contribution is -2.13. The summed E-state index contributed by atoms with van der Waals surface area (Å²) >= 11 is 1.50. The molecule has 1 aromatic heterocycles. The average Bonchev–Trinajstić information content (AvgIpc) is 2.77. The number of rotatable bonds is 4. The molecule has 0 saturated carbocycles. The van der Waals surface area contributed by atoms with Crippen LogP contribution < -0.4 is 10.5 Å². The van der Waals surface area contributed by atoms with Gasteiger partial charge in [0.25, 0.3) is 0 Å². The second-order valence-electron chi connectivity index (χ2n) is 3.52. The summed E-state index contributed by atoms with van der Waals surface area (Å²) in [7, 11) is 1.63. The van der Waals surface area contributed by atoms with Crippen LogP contribution in [-0.4, -0.2) is 18.0 Å². The molecule has 0 fully saturated rings. The van der Waals surface area contributed by atoms with E-state index in [4.69, 9.17) is 10.5 Å². The zero-order valence-corrected chi connectivity index (χ0v) is 10.2. The molecule has 4 nitrogen and oxygen atoms in total. The van der Waals surface area contributed by atoms with Crippen molar-refractivity contribution in [2.45, 2.75) is 6.42 Å². The standard InChI is InChI=1S/C12H12N2O2S/c1-16-10-4-2-8(3-5-10)12-14-9(7-17-12)6-11(13)15/h2-5,7H,6H2,1H3,(H2,13,15). The van der Waals surface area contributed by atoms with Crippen LogP contribution in [0.5, 0.6) is 5.75 Å². The van der Waals surface area contributed by atoms with E-state index in [0.717, 1.165) is 16.3 Å². The summed E-state index contributed by atoms with van der Waals surface area (Å²) in [5.74, 6) is 0.444. The number of amides is 1. The van der Waals surface area contributed by atoms with Crippen molar-refractivity contribution in [2.24, 2.45) is 5.73 Å². The van der Waals surface area contributed by atoms with E-state index in [1.807, 2.05) is 29.6 Å². The molecule has 88 valence electrons. The molecule has 0 unspecified atom stereocenters. The highest BCUT2D eigenvalue weighted by Crippen LogP contribution is 2.25. The minimum Gasteiger partial charge on any atom is -0.497 e. The Morgan fingerprint density at radius 3 is 2.71 bits per heavy atom. The summed E-state index contributed by atoms with van der Waals surface area (Å²) in [6.45, 7) is 0. The number of aromatic nitrogens is 1. The largest absolute Gasteiger partial charge is 0.497 e. The van der Waals surface area contributed by atoms with Crippen LogP contribution in [0.25, 0.3) is 10.6 Å². The Morgan fingerprint density at radius 1 is 1.41 bits per heavy atom. The summed E-state index contributed by atoms with van der Waals surface area (Å²) in [4.78, 5) is 15.1. The molecular weight excluding hydrogens is 236 g/mol. The quantitative estimate of drug-likeness (QED) is 0.898. The first-order valence-electron chi connectivity index (χ1n) is 5.06. The van der Waals surface area contributed by atoms with Crippen LogP contribution in [0.3, 0.4) is 0 Å². The molecule has 5 heteroatoms. The van der Waals surface area contributed by atoms with Crippen molar-refractivity contribution >= 4 is 17.2 Å². The first-order valence-corrected chi connectivity index (χ1v) is 5.94. The lowest BCUT2D eigenvalue weighted by molar-refractivity contribution is -0.117. The number of nitrogens with two attached hydrogens (primary N) is 1. The van der Waals surface area contributed by atoms with E-state index in [2.05, 4.69) is 4.98 Å². The molecule has 0 atom stereocenters. The molecule has 0 bridgehead atoms. The summed E-state index contributed by atoms with van der Waals surface area (Å²) < 4.78 is 5.08. The molecule has 2 aromatic rings. The molecule has 17 heavy (non-hydrogen) atoms. The summed E-state index contributed by atoms with van der Waals surface area (Å²) in [6.07, 6.45) is 0.187. The van der Waals surface area contributed by atoms with Gasteiger partial charge < -0.3 is 10.5 Å². The third-order valence-corrected chi connectivity index (χ3v) is 3.18. The van der Waals surface area contributed by atoms with Gasteiger partial charge in [-0.15, -0.1) is 11.3 Å². The third kappa shape index (κ3) is 2.82. The highest BCUT2D eigenvalue weighted by Gasteiger charge is 2.06. The van der Waals surface area contributed by atoms with E-state index in [1.165, 1.54) is 11.3 Å². The SMILES string of the molecule is COc1ccc(-c2nc(CC(N)=O)cs2)cc1. The van der Waals surface area contributed by atoms with Gasteiger partial charge in [-0.05, 0) is 24.3 Å². The molecule has 2 rings (SSSR count). The molecular formula is C12H12N2O2S. The van der Waals surface area contributed by atoms with Crippen molar-refractivity contribution in [3.8, 4) is 16.3 Å². The molecule has 0 aliphatic heterocycles. The van der Waals surface area contributed by atoms with E-state index in [9.17, 15) is 4.79 Å². The van der Waals surface area contributed by atoms with Crippen LogP contribution in [0.2, 0.25) is 0 Å². The Labute approximate surface area is 103 Å². The number of benzene rings is 1. The van der Waals surface area contributed by atoms with Crippen LogP contribution in [-0.2, 0) is 11.2 Å². The van der Waals surface area contributed by atoms with Gasteiger partial charge in [-0.25, -0.2) is 4.98 Å². The van der Waals surface area contributed by atoms with Gasteiger partial charge >= 0.3 is 0 Å². The normalized spacial score (nSPS) is 10.2. The predicted molar refractivity (Wildman–Crippen MR) is 67.0 cm³/mol. The maximum Gasteiger partial charge on any atom is 0.223 e. The molecule has 2 N–H and O–H groups in total. The number of hydrogen-bond donors (Lipinski definition) is 1. The molecule has 0 aliphatic rings. The molecule has 0 aliphatic carbocycles. The summed E-state index contributed by atoms with van der Waals surface area (Å²) in [5.41, 5.74) is 6.84. The number of carbonyl (C=O) groups is 1. The number of carbonyl (C=O) groups excluding carboxylic acids is 1. The van der Waals surface area contributed by atoms with Crippen molar-refractivity contribution in [2.75, 3.05) is 7.11 Å². The van der Waals surface area contributed by atoms with Crippen molar-refractivity contribution < 1.29 is 9.53 Å². The second-order valence-corrected chi connectivity index (χ2v) is 4.37. The highest BCUT2D eigenvalue weighted by atomic mass is 32.1. The van der Waals surface area contributed by atoms with Crippen molar-refractivity contribution in [1.82, 2.24) is 4.98 Å². The smallest absolute Gasteiger partial charge is 0.223 e. The molecule has 1 aromatic carbocycles. The number of primary amides is 1. The Hall–Kier alpha value is -1.88. The van der Waals surface area contributed by atoms with E-state index in [-0.39, 0.29) is 12.3 Å². The molecule has 1 heterocycles. The van der Waals surface area contributed by atoms with Gasteiger partial charge in [0, 0.05) is 10.9 Å². The Balaban J connectivity index is 2.21. The van der Waals surface area contributed by atoms with Gasteiger partial charge in [0.15, 0.2) is 0 Å². The zero-order valence-electron chi connectivity index (χ0n) is 9.34. The van der Waals surface area contributed by atoms with E-state index < -0.39 is 0 Å². The lowest BCUT2D eigenvalue weighted by Gasteiger charge is -2.00. The fourth-order valence-corrected chi connectivity index (χ4v) is 2.26. The fourth-order valence-electron chi connectivity index (χ4n) is 1.43. The number of nitrogens with zero attached hydrogens (tertiary/aromatic N) is 1. The van der Waals surface area contributed by atoms with Crippen molar-refractivity contribution in [3.63, 3.8) is 0 Å². The molecule has 0 radical (unpaired) electrons. The second kappa shape index (κ2) is 4.97. The van der Waals surface area contributed by atoms with Crippen LogP contribution >= 0.6 is 11.3 Å². The summed E-state index contributed by atoms with van der Waals surface area (Å²) in [5, 5.41) is 2.73. The van der Waals surface area contributed by atoms with E-state index >= 15 is 0 Å². The van der Waals surface area contributed by atoms with E-state index in [0.29, 0.717) is 5.69 Å². The van der Waals surface area contributed by atoms with Gasteiger partial charge in [0.1, 0.15) is 10.8 Å². The van der Waals surface area contributed by atoms with Crippen LogP contribution in [0, 0.1) is 0 Å². The number of ether oxygens (including phenoxy) is 1. The minimum absolute atomic E-state index is 0.187. The molecule has 1 amide bonds. The summed E-state index contributed by atoms with van der Waals surface area (Å²) in [6, 6.07) is 7.63.